The first-order valence-electron chi connectivity index (χ1n) is 23.4. The molecule has 2 atom stereocenters. The van der Waals surface area contributed by atoms with Crippen LogP contribution >= 0.6 is 0 Å². The van der Waals surface area contributed by atoms with Gasteiger partial charge in [-0.05, 0) is 89.2 Å². The third-order valence-electron chi connectivity index (χ3n) is 12.0. The molecule has 328 valence electrons. The lowest BCUT2D eigenvalue weighted by Gasteiger charge is -2.37. The number of rotatable bonds is 25. The molecule has 0 heterocycles. The highest BCUT2D eigenvalue weighted by molar-refractivity contribution is 5.69. The smallest absolute Gasteiger partial charge is 0.306 e. The molecule has 3 heteroatoms. The van der Waals surface area contributed by atoms with E-state index >= 15 is 0 Å². The summed E-state index contributed by atoms with van der Waals surface area (Å²) in [5.74, 6) is -0.0242. The number of hydrogen-bond donors (Lipinski definition) is 1. The van der Waals surface area contributed by atoms with Crippen LogP contribution < -0.4 is 0 Å². The zero-order chi connectivity index (χ0) is 43.7. The van der Waals surface area contributed by atoms with Crippen LogP contribution in [0.25, 0.3) is 0 Å². The second kappa shape index (κ2) is 28.2. The Hall–Kier alpha value is -3.43. The molecule has 0 amide bonds. The summed E-state index contributed by atoms with van der Waals surface area (Å²) in [6.45, 7) is 24.1. The molecule has 0 saturated carbocycles. The third-order valence-corrected chi connectivity index (χ3v) is 12.0. The lowest BCUT2D eigenvalue weighted by atomic mass is 9.71. The Morgan fingerprint density at radius 2 is 0.966 bits per heavy atom. The van der Waals surface area contributed by atoms with E-state index < -0.39 is 0 Å². The molecule has 0 bridgehead atoms. The fraction of sp³-hybridized carbons (Fsp3) is 0.589. The first kappa shape index (κ1) is 51.7. The molecule has 2 rings (SSSR count). The Morgan fingerprint density at radius 3 is 1.41 bits per heavy atom. The van der Waals surface area contributed by atoms with Crippen LogP contribution in [0.2, 0.25) is 0 Å². The molecule has 3 nitrogen and oxygen atoms in total. The second-order valence-electron chi connectivity index (χ2n) is 19.1. The summed E-state index contributed by atoms with van der Waals surface area (Å²) in [6.07, 6.45) is 50.7. The van der Waals surface area contributed by atoms with Gasteiger partial charge in [0.25, 0.3) is 0 Å². The van der Waals surface area contributed by atoms with Crippen molar-refractivity contribution in [2.75, 3.05) is 0 Å². The maximum absolute atomic E-state index is 12.7. The van der Waals surface area contributed by atoms with E-state index in [-0.39, 0.29) is 29.0 Å². The van der Waals surface area contributed by atoms with Crippen LogP contribution in [-0.4, -0.2) is 23.3 Å². The topological polar surface area (TPSA) is 46.5 Å². The third kappa shape index (κ3) is 22.1. The highest BCUT2D eigenvalue weighted by atomic mass is 16.5. The number of aliphatic hydroxyl groups is 1. The molecular weight excluding hydrogens is 721 g/mol. The largest absolute Gasteiger partial charge is 0.462 e. The molecule has 0 radical (unpaired) electrons. The highest BCUT2D eigenvalue weighted by Crippen LogP contribution is 2.43. The van der Waals surface area contributed by atoms with E-state index in [2.05, 4.69) is 161 Å². The van der Waals surface area contributed by atoms with Crippen molar-refractivity contribution in [3.8, 4) is 0 Å². The van der Waals surface area contributed by atoms with Crippen molar-refractivity contribution < 1.29 is 14.6 Å². The Morgan fingerprint density at radius 1 is 0.576 bits per heavy atom. The maximum Gasteiger partial charge on any atom is 0.306 e. The van der Waals surface area contributed by atoms with Crippen LogP contribution in [0.1, 0.15) is 192 Å². The van der Waals surface area contributed by atoms with Crippen molar-refractivity contribution in [2.24, 2.45) is 10.8 Å². The van der Waals surface area contributed by atoms with Crippen LogP contribution in [-0.2, 0) is 9.53 Å². The van der Waals surface area contributed by atoms with Gasteiger partial charge < -0.3 is 9.84 Å². The van der Waals surface area contributed by atoms with Crippen molar-refractivity contribution in [1.82, 2.24) is 0 Å². The Bertz CT molecular complexity index is 1640. The minimum atomic E-state index is -0.233. The normalized spacial score (nSPS) is 21.2. The number of carbonyl (C=O) groups excluding carboxylic acids is 1. The summed E-state index contributed by atoms with van der Waals surface area (Å²) < 4.78 is 6.01. The highest BCUT2D eigenvalue weighted by Gasteiger charge is 2.34. The Balaban J connectivity index is 1.76. The maximum atomic E-state index is 12.7. The van der Waals surface area contributed by atoms with Gasteiger partial charge in [-0.2, -0.15) is 0 Å². The van der Waals surface area contributed by atoms with Crippen LogP contribution in [0.5, 0.6) is 0 Å². The SMILES string of the molecule is CCCCCCCCCCCCCCCC(=O)O[C@@H]1CC(C)=C(/C=C/C(C)=C/C=C/C(C)=C/C=C/C=C(C)/C=C/C=C(C)/C=C/C2=C(C)C[C@@H](O)CC2(C)C)C(C)(C)C1. The number of unbranched alkanes of at least 4 members (excludes halogenated alkanes) is 12. The number of hydrogen-bond acceptors (Lipinski definition) is 3. The molecular formula is C56H86O3. The van der Waals surface area contributed by atoms with Gasteiger partial charge >= 0.3 is 5.97 Å². The van der Waals surface area contributed by atoms with Gasteiger partial charge in [0.15, 0.2) is 0 Å². The summed E-state index contributed by atoms with van der Waals surface area (Å²) in [5.41, 5.74) is 10.0. The van der Waals surface area contributed by atoms with E-state index in [0.29, 0.717) is 6.42 Å². The molecule has 0 aromatic carbocycles. The number of carbonyl (C=O) groups is 1. The van der Waals surface area contributed by atoms with Crippen LogP contribution in [0, 0.1) is 10.8 Å². The molecule has 59 heavy (non-hydrogen) atoms. The fourth-order valence-corrected chi connectivity index (χ4v) is 8.71. The summed E-state index contributed by atoms with van der Waals surface area (Å²) in [5, 5.41) is 10.2. The van der Waals surface area contributed by atoms with Crippen molar-refractivity contribution in [3.63, 3.8) is 0 Å². The predicted molar refractivity (Wildman–Crippen MR) is 258 cm³/mol. The van der Waals surface area contributed by atoms with Crippen molar-refractivity contribution >= 4 is 5.97 Å². The lowest BCUT2D eigenvalue weighted by molar-refractivity contribution is -0.150. The summed E-state index contributed by atoms with van der Waals surface area (Å²) in [6, 6.07) is 0. The van der Waals surface area contributed by atoms with Gasteiger partial charge in [0.2, 0.25) is 0 Å². The number of ether oxygens (including phenoxy) is 1. The van der Waals surface area contributed by atoms with Gasteiger partial charge in [-0.3, -0.25) is 4.79 Å². The molecule has 0 aliphatic heterocycles. The molecule has 0 aromatic rings. The zero-order valence-electron chi connectivity index (χ0n) is 39.7. The van der Waals surface area contributed by atoms with Gasteiger partial charge in [-0.25, -0.2) is 0 Å². The van der Waals surface area contributed by atoms with E-state index in [1.807, 2.05) is 0 Å². The van der Waals surface area contributed by atoms with Crippen molar-refractivity contribution in [2.45, 2.75) is 204 Å². The number of allylic oxidation sites excluding steroid dienone is 20. The molecule has 1 N–H and O–H groups in total. The van der Waals surface area contributed by atoms with E-state index in [4.69, 9.17) is 4.74 Å². The van der Waals surface area contributed by atoms with Crippen LogP contribution in [0.4, 0.5) is 0 Å². The molecule has 2 aliphatic rings. The zero-order valence-corrected chi connectivity index (χ0v) is 39.7. The fourth-order valence-electron chi connectivity index (χ4n) is 8.71. The first-order chi connectivity index (χ1) is 28.0. The monoisotopic (exact) mass is 807 g/mol. The molecule has 0 spiro atoms. The van der Waals surface area contributed by atoms with E-state index in [1.165, 1.54) is 115 Å². The van der Waals surface area contributed by atoms with Gasteiger partial charge in [0.05, 0.1) is 6.10 Å². The van der Waals surface area contributed by atoms with E-state index in [1.54, 1.807) is 0 Å². The first-order valence-corrected chi connectivity index (χ1v) is 23.4. The van der Waals surface area contributed by atoms with Crippen molar-refractivity contribution in [1.29, 1.82) is 0 Å². The number of esters is 1. The number of aliphatic hydroxyl groups excluding tert-OH is 1. The average Bonchev–Trinajstić information content (AvgIpc) is 3.13. The molecule has 0 fully saturated rings. The van der Waals surface area contributed by atoms with Crippen molar-refractivity contribution in [3.05, 3.63) is 130 Å². The quantitative estimate of drug-likeness (QED) is 0.0568. The Labute approximate surface area is 363 Å². The molecule has 0 saturated heterocycles. The van der Waals surface area contributed by atoms with Crippen LogP contribution in [0.3, 0.4) is 0 Å². The summed E-state index contributed by atoms with van der Waals surface area (Å²) >= 11 is 0. The van der Waals surface area contributed by atoms with Gasteiger partial charge in [-0.1, -0.05) is 230 Å². The minimum absolute atomic E-state index is 0.00275. The van der Waals surface area contributed by atoms with Gasteiger partial charge in [-0.15, -0.1) is 0 Å². The summed E-state index contributed by atoms with van der Waals surface area (Å²) in [4.78, 5) is 12.7. The van der Waals surface area contributed by atoms with Crippen LogP contribution in [0.15, 0.2) is 130 Å². The molecule has 2 aliphatic carbocycles. The molecule has 0 aromatic heterocycles. The minimum Gasteiger partial charge on any atom is -0.462 e. The molecule has 0 unspecified atom stereocenters. The van der Waals surface area contributed by atoms with E-state index in [0.717, 1.165) is 38.5 Å². The second-order valence-corrected chi connectivity index (χ2v) is 19.1. The van der Waals surface area contributed by atoms with Gasteiger partial charge in [0.1, 0.15) is 6.10 Å². The van der Waals surface area contributed by atoms with Gasteiger partial charge in [0, 0.05) is 12.8 Å². The lowest BCUT2D eigenvalue weighted by Crippen LogP contribution is -2.31. The predicted octanol–water partition coefficient (Wildman–Crippen LogP) is 16.6. The van der Waals surface area contributed by atoms with E-state index in [9.17, 15) is 9.90 Å². The average molecular weight is 807 g/mol. The Kier molecular flexibility index (Phi) is 24.7. The summed E-state index contributed by atoms with van der Waals surface area (Å²) in [7, 11) is 0. The standard InChI is InChI=1S/C56H86O3/c1-12-13-14-15-16-17-18-19-20-21-22-23-24-35-54(58)59-51-41-49(7)53(56(10,11)43-51)39-37-47(5)34-28-32-45(3)30-26-25-29-44(2)31-27-33-46(4)36-38-52-48(6)40-50(57)42-55(52,8)9/h25-34,36-39,50-51,57H,12-24,35,40-43H2,1-11H3/b26-25+,31-27+,32-28+,38-36+,39-37+,44-29+,45-30+,46-33+,47-34+/t50-,51-/m1/s1.